The molecule has 1 fully saturated rings. The Labute approximate surface area is 142 Å². The highest BCUT2D eigenvalue weighted by Crippen LogP contribution is 2.22. The van der Waals surface area contributed by atoms with Crippen molar-refractivity contribution in [3.05, 3.63) is 35.6 Å². The molecule has 6 nitrogen and oxygen atoms in total. The number of hydrogen-bond acceptors (Lipinski definition) is 3. The lowest BCUT2D eigenvalue weighted by molar-refractivity contribution is -0.137. The van der Waals surface area contributed by atoms with E-state index in [0.29, 0.717) is 31.7 Å². The minimum Gasteiger partial charge on any atom is -0.337 e. The number of benzene rings is 1. The van der Waals surface area contributed by atoms with Gasteiger partial charge in [-0.1, -0.05) is 12.1 Å². The Hall–Kier alpha value is -2.15. The average molecular weight is 336 g/mol. The standard InChI is InChI=1S/C17H25FN4O2/c1-19(2)15(13-6-5-7-14(18)12-13)16(23)21-8-10-22(11-9-21)17(24)20(3)4/h5-7,12,15H,8-11H2,1-4H3/t15-/m0/s1. The van der Waals surface area contributed by atoms with Crippen molar-refractivity contribution in [3.63, 3.8) is 0 Å². The summed E-state index contributed by atoms with van der Waals surface area (Å²) in [6.45, 7) is 1.98. The lowest BCUT2D eigenvalue weighted by atomic mass is 10.0. The van der Waals surface area contributed by atoms with Crippen LogP contribution in [0.5, 0.6) is 0 Å². The molecule has 3 amide bonds. The van der Waals surface area contributed by atoms with Gasteiger partial charge in [-0.25, -0.2) is 9.18 Å². The third-order valence-electron chi connectivity index (χ3n) is 4.16. The molecular weight excluding hydrogens is 311 g/mol. The molecule has 1 aliphatic rings. The van der Waals surface area contributed by atoms with Crippen molar-refractivity contribution in [2.45, 2.75) is 6.04 Å². The first-order valence-corrected chi connectivity index (χ1v) is 7.98. The van der Waals surface area contributed by atoms with Gasteiger partial charge in [-0.3, -0.25) is 9.69 Å². The third kappa shape index (κ3) is 4.03. The van der Waals surface area contributed by atoms with Crippen molar-refractivity contribution in [1.82, 2.24) is 19.6 Å². The largest absolute Gasteiger partial charge is 0.337 e. The second-order valence-electron chi connectivity index (χ2n) is 6.41. The first kappa shape index (κ1) is 18.2. The van der Waals surface area contributed by atoms with Crippen LogP contribution in [0.4, 0.5) is 9.18 Å². The molecule has 0 aliphatic carbocycles. The van der Waals surface area contributed by atoms with Gasteiger partial charge in [-0.2, -0.15) is 0 Å². The van der Waals surface area contributed by atoms with E-state index >= 15 is 0 Å². The molecule has 0 spiro atoms. The topological polar surface area (TPSA) is 47.1 Å². The maximum Gasteiger partial charge on any atom is 0.319 e. The van der Waals surface area contributed by atoms with Crippen LogP contribution in [0.15, 0.2) is 24.3 Å². The zero-order valence-electron chi connectivity index (χ0n) is 14.7. The SMILES string of the molecule is CN(C)C(=O)N1CCN(C(=O)[C@H](c2cccc(F)c2)N(C)C)CC1. The number of amides is 3. The highest BCUT2D eigenvalue weighted by atomic mass is 19.1. The predicted octanol–water partition coefficient (Wildman–Crippen LogP) is 1.25. The van der Waals surface area contributed by atoms with Crippen LogP contribution >= 0.6 is 0 Å². The van der Waals surface area contributed by atoms with E-state index in [4.69, 9.17) is 0 Å². The normalized spacial score (nSPS) is 16.2. The molecule has 1 aromatic carbocycles. The van der Waals surface area contributed by atoms with E-state index in [9.17, 15) is 14.0 Å². The molecule has 1 atom stereocenters. The number of urea groups is 1. The molecule has 0 aromatic heterocycles. The lowest BCUT2D eigenvalue weighted by Crippen LogP contribution is -2.54. The summed E-state index contributed by atoms with van der Waals surface area (Å²) in [5.41, 5.74) is 0.636. The van der Waals surface area contributed by atoms with Gasteiger partial charge < -0.3 is 14.7 Å². The molecular formula is C17H25FN4O2. The molecule has 0 unspecified atom stereocenters. The summed E-state index contributed by atoms with van der Waals surface area (Å²) in [7, 11) is 7.04. The number of carbonyl (C=O) groups is 2. The minimum absolute atomic E-state index is 0.0450. The fourth-order valence-corrected chi connectivity index (χ4v) is 2.91. The van der Waals surface area contributed by atoms with Crippen molar-refractivity contribution in [3.8, 4) is 0 Å². The van der Waals surface area contributed by atoms with Gasteiger partial charge in [0.15, 0.2) is 0 Å². The molecule has 2 rings (SSSR count). The van der Waals surface area contributed by atoms with Crippen LogP contribution in [0.2, 0.25) is 0 Å². The monoisotopic (exact) mass is 336 g/mol. The van der Waals surface area contributed by atoms with Gasteiger partial charge in [-0.05, 0) is 31.8 Å². The Morgan fingerprint density at radius 1 is 1.04 bits per heavy atom. The zero-order valence-corrected chi connectivity index (χ0v) is 14.7. The summed E-state index contributed by atoms with van der Waals surface area (Å²) in [6.07, 6.45) is 0. The van der Waals surface area contributed by atoms with Gasteiger partial charge in [0.2, 0.25) is 5.91 Å². The van der Waals surface area contributed by atoms with E-state index in [2.05, 4.69) is 0 Å². The van der Waals surface area contributed by atoms with E-state index in [1.165, 1.54) is 17.0 Å². The molecule has 7 heteroatoms. The van der Waals surface area contributed by atoms with Gasteiger partial charge in [0.25, 0.3) is 0 Å². The molecule has 1 saturated heterocycles. The lowest BCUT2D eigenvalue weighted by Gasteiger charge is -2.38. The summed E-state index contributed by atoms with van der Waals surface area (Å²) < 4.78 is 13.5. The first-order chi connectivity index (χ1) is 11.3. The smallest absolute Gasteiger partial charge is 0.319 e. The first-order valence-electron chi connectivity index (χ1n) is 7.98. The van der Waals surface area contributed by atoms with Gasteiger partial charge in [-0.15, -0.1) is 0 Å². The predicted molar refractivity (Wildman–Crippen MR) is 90.1 cm³/mol. The highest BCUT2D eigenvalue weighted by Gasteiger charge is 2.31. The van der Waals surface area contributed by atoms with Crippen LogP contribution in [0, 0.1) is 5.82 Å². The Kier molecular flexibility index (Phi) is 5.77. The van der Waals surface area contributed by atoms with Gasteiger partial charge >= 0.3 is 6.03 Å². The molecule has 0 N–H and O–H groups in total. The Morgan fingerprint density at radius 2 is 1.62 bits per heavy atom. The second kappa shape index (κ2) is 7.61. The molecule has 0 saturated carbocycles. The number of nitrogens with zero attached hydrogens (tertiary/aromatic N) is 4. The van der Waals surface area contributed by atoms with Crippen LogP contribution < -0.4 is 0 Å². The Balaban J connectivity index is 2.08. The second-order valence-corrected chi connectivity index (χ2v) is 6.41. The van der Waals surface area contributed by atoms with Crippen LogP contribution in [0.25, 0.3) is 0 Å². The molecule has 132 valence electrons. The van der Waals surface area contributed by atoms with Crippen molar-refractivity contribution in [2.24, 2.45) is 0 Å². The highest BCUT2D eigenvalue weighted by molar-refractivity contribution is 5.83. The summed E-state index contributed by atoms with van der Waals surface area (Å²) in [5, 5.41) is 0. The number of carbonyl (C=O) groups excluding carboxylic acids is 2. The van der Waals surface area contributed by atoms with Crippen molar-refractivity contribution < 1.29 is 14.0 Å². The number of likely N-dealkylation sites (N-methyl/N-ethyl adjacent to an activating group) is 1. The maximum absolute atomic E-state index is 13.5. The summed E-state index contributed by atoms with van der Waals surface area (Å²) >= 11 is 0. The van der Waals surface area contributed by atoms with Crippen LogP contribution in [-0.2, 0) is 4.79 Å². The molecule has 0 bridgehead atoms. The fourth-order valence-electron chi connectivity index (χ4n) is 2.91. The van der Waals surface area contributed by atoms with E-state index in [0.717, 1.165) is 0 Å². The molecule has 24 heavy (non-hydrogen) atoms. The Bertz CT molecular complexity index is 598. The molecule has 1 aliphatic heterocycles. The maximum atomic E-state index is 13.5. The van der Waals surface area contributed by atoms with Gasteiger partial charge in [0, 0.05) is 40.3 Å². The molecule has 0 radical (unpaired) electrons. The number of halogens is 1. The van der Waals surface area contributed by atoms with Gasteiger partial charge in [0.05, 0.1) is 0 Å². The molecule has 1 heterocycles. The van der Waals surface area contributed by atoms with Crippen molar-refractivity contribution in [1.29, 1.82) is 0 Å². The number of hydrogen-bond donors (Lipinski definition) is 0. The number of piperazine rings is 1. The fraction of sp³-hybridized carbons (Fsp3) is 0.529. The average Bonchev–Trinajstić information content (AvgIpc) is 2.54. The van der Waals surface area contributed by atoms with E-state index in [1.54, 1.807) is 55.0 Å². The summed E-state index contributed by atoms with van der Waals surface area (Å²) in [5.74, 6) is -0.420. The van der Waals surface area contributed by atoms with E-state index < -0.39 is 6.04 Å². The van der Waals surface area contributed by atoms with Gasteiger partial charge in [0.1, 0.15) is 11.9 Å². The third-order valence-corrected chi connectivity index (χ3v) is 4.16. The van der Waals surface area contributed by atoms with Crippen LogP contribution in [0.1, 0.15) is 11.6 Å². The zero-order chi connectivity index (χ0) is 17.9. The quantitative estimate of drug-likeness (QED) is 0.835. The van der Waals surface area contributed by atoms with Crippen molar-refractivity contribution in [2.75, 3.05) is 54.4 Å². The number of rotatable bonds is 3. The van der Waals surface area contributed by atoms with E-state index in [1.807, 2.05) is 0 Å². The summed E-state index contributed by atoms with van der Waals surface area (Å²) in [4.78, 5) is 31.7. The van der Waals surface area contributed by atoms with E-state index in [-0.39, 0.29) is 17.8 Å². The minimum atomic E-state index is -0.531. The van der Waals surface area contributed by atoms with Crippen LogP contribution in [-0.4, -0.2) is 85.9 Å². The Morgan fingerprint density at radius 3 is 2.12 bits per heavy atom. The van der Waals surface area contributed by atoms with Crippen molar-refractivity contribution >= 4 is 11.9 Å². The van der Waals surface area contributed by atoms with Crippen LogP contribution in [0.3, 0.4) is 0 Å². The summed E-state index contributed by atoms with van der Waals surface area (Å²) in [6, 6.07) is 5.56. The molecule has 1 aromatic rings.